The van der Waals surface area contributed by atoms with Crippen LogP contribution in [0.15, 0.2) is 18.3 Å². The lowest BCUT2D eigenvalue weighted by atomic mass is 10.1. The zero-order chi connectivity index (χ0) is 11.4. The van der Waals surface area contributed by atoms with Crippen molar-refractivity contribution < 1.29 is 14.6 Å². The van der Waals surface area contributed by atoms with Crippen molar-refractivity contribution in [2.24, 2.45) is 5.73 Å². The Morgan fingerprint density at radius 2 is 2.27 bits per heavy atom. The van der Waals surface area contributed by atoms with Crippen LogP contribution in [0.4, 0.5) is 0 Å². The predicted molar refractivity (Wildman–Crippen MR) is 54.6 cm³/mol. The van der Waals surface area contributed by atoms with Crippen molar-refractivity contribution in [3.8, 4) is 5.88 Å². The summed E-state index contributed by atoms with van der Waals surface area (Å²) in [4.78, 5) is 14.7. The van der Waals surface area contributed by atoms with Gasteiger partial charge in [-0.05, 0) is 26.0 Å². The third-order valence-corrected chi connectivity index (χ3v) is 1.75. The van der Waals surface area contributed by atoms with Gasteiger partial charge in [-0.15, -0.1) is 0 Å². The van der Waals surface area contributed by atoms with Crippen molar-refractivity contribution in [1.82, 2.24) is 4.98 Å². The molecule has 0 radical (unpaired) electrons. The molecule has 0 saturated carbocycles. The van der Waals surface area contributed by atoms with Gasteiger partial charge in [0.1, 0.15) is 6.04 Å². The summed E-state index contributed by atoms with van der Waals surface area (Å²) in [6.07, 6.45) is 1.47. The lowest BCUT2D eigenvalue weighted by molar-refractivity contribution is -0.138. The molecule has 0 aromatic carbocycles. The average Bonchev–Trinajstić information content (AvgIpc) is 2.16. The van der Waals surface area contributed by atoms with E-state index in [0.717, 1.165) is 0 Å². The fraction of sp³-hybridized carbons (Fsp3) is 0.400. The maximum atomic E-state index is 10.7. The van der Waals surface area contributed by atoms with Crippen LogP contribution < -0.4 is 10.5 Å². The van der Waals surface area contributed by atoms with Crippen molar-refractivity contribution >= 4 is 5.97 Å². The number of rotatable bonds is 4. The number of pyridine rings is 1. The van der Waals surface area contributed by atoms with Gasteiger partial charge in [-0.3, -0.25) is 4.79 Å². The summed E-state index contributed by atoms with van der Waals surface area (Å²) in [5.74, 6) is -0.820. The first-order chi connectivity index (χ1) is 7.02. The van der Waals surface area contributed by atoms with Crippen molar-refractivity contribution in [2.45, 2.75) is 26.0 Å². The smallest absolute Gasteiger partial charge is 0.325 e. The minimum Gasteiger partial charge on any atom is -0.480 e. The number of hydrogen-bond acceptors (Lipinski definition) is 4. The van der Waals surface area contributed by atoms with Gasteiger partial charge < -0.3 is 15.6 Å². The molecule has 3 N–H and O–H groups in total. The van der Waals surface area contributed by atoms with Gasteiger partial charge in [0.2, 0.25) is 5.88 Å². The highest BCUT2D eigenvalue weighted by Gasteiger charge is 2.19. The van der Waals surface area contributed by atoms with Gasteiger partial charge in [0.05, 0.1) is 6.10 Å². The van der Waals surface area contributed by atoms with E-state index in [1.807, 2.05) is 13.8 Å². The average molecular weight is 210 g/mol. The number of nitrogens with two attached hydrogens (primary N) is 1. The fourth-order valence-electron chi connectivity index (χ4n) is 1.09. The van der Waals surface area contributed by atoms with E-state index in [2.05, 4.69) is 4.98 Å². The van der Waals surface area contributed by atoms with Crippen LogP contribution in [0.5, 0.6) is 5.88 Å². The van der Waals surface area contributed by atoms with Crippen molar-refractivity contribution in [2.75, 3.05) is 0 Å². The van der Waals surface area contributed by atoms with Crippen LogP contribution in [0.2, 0.25) is 0 Å². The van der Waals surface area contributed by atoms with Gasteiger partial charge in [-0.1, -0.05) is 0 Å². The molecule has 5 heteroatoms. The maximum absolute atomic E-state index is 10.7. The highest BCUT2D eigenvalue weighted by Crippen LogP contribution is 2.21. The molecule has 82 valence electrons. The molecule has 0 bridgehead atoms. The molecule has 0 saturated heterocycles. The number of aliphatic carboxylic acids is 1. The third-order valence-electron chi connectivity index (χ3n) is 1.75. The molecule has 15 heavy (non-hydrogen) atoms. The number of ether oxygens (including phenoxy) is 1. The minimum atomic E-state index is -1.10. The Bertz CT molecular complexity index is 352. The first-order valence-electron chi connectivity index (χ1n) is 4.62. The molecule has 0 fully saturated rings. The number of carboxylic acids is 1. The number of aromatic nitrogens is 1. The molecule has 0 aliphatic heterocycles. The largest absolute Gasteiger partial charge is 0.480 e. The molecule has 1 heterocycles. The standard InChI is InChI=1S/C10H14N2O3/c1-6(2)15-9-7(4-3-5-12-9)8(11)10(13)14/h3-6,8H,11H2,1-2H3,(H,13,14). The second kappa shape index (κ2) is 4.75. The Kier molecular flexibility index (Phi) is 3.62. The normalized spacial score (nSPS) is 12.5. The fourth-order valence-corrected chi connectivity index (χ4v) is 1.09. The predicted octanol–water partition coefficient (Wildman–Crippen LogP) is 0.953. The topological polar surface area (TPSA) is 85.4 Å². The Hall–Kier alpha value is -1.62. The minimum absolute atomic E-state index is 0.0698. The van der Waals surface area contributed by atoms with Gasteiger partial charge in [-0.2, -0.15) is 0 Å². The Morgan fingerprint density at radius 3 is 2.80 bits per heavy atom. The van der Waals surface area contributed by atoms with Crippen LogP contribution in [0, 0.1) is 0 Å². The molecule has 0 aliphatic rings. The number of nitrogens with zero attached hydrogens (tertiary/aromatic N) is 1. The molecular formula is C10H14N2O3. The van der Waals surface area contributed by atoms with E-state index in [1.54, 1.807) is 12.1 Å². The van der Waals surface area contributed by atoms with Crippen LogP contribution in [-0.2, 0) is 4.79 Å². The SMILES string of the molecule is CC(C)Oc1ncccc1C(N)C(=O)O. The van der Waals surface area contributed by atoms with Crippen molar-refractivity contribution in [3.63, 3.8) is 0 Å². The van der Waals surface area contributed by atoms with Crippen LogP contribution >= 0.6 is 0 Å². The zero-order valence-electron chi connectivity index (χ0n) is 8.68. The van der Waals surface area contributed by atoms with Crippen LogP contribution in [0.3, 0.4) is 0 Å². The summed E-state index contributed by atoms with van der Waals surface area (Å²) in [6, 6.07) is 2.13. The maximum Gasteiger partial charge on any atom is 0.325 e. The van der Waals surface area contributed by atoms with Gasteiger partial charge in [0.25, 0.3) is 0 Å². The number of carbonyl (C=O) groups is 1. The molecule has 1 aromatic heterocycles. The molecule has 1 aromatic rings. The molecule has 5 nitrogen and oxygen atoms in total. The molecular weight excluding hydrogens is 196 g/mol. The van der Waals surface area contributed by atoms with Crippen molar-refractivity contribution in [1.29, 1.82) is 0 Å². The van der Waals surface area contributed by atoms with Gasteiger partial charge in [0.15, 0.2) is 0 Å². The van der Waals surface area contributed by atoms with Gasteiger partial charge in [-0.25, -0.2) is 4.98 Å². The van der Waals surface area contributed by atoms with E-state index in [9.17, 15) is 4.79 Å². The first kappa shape index (κ1) is 11.5. The summed E-state index contributed by atoms with van der Waals surface area (Å²) in [5, 5.41) is 8.79. The lowest BCUT2D eigenvalue weighted by Gasteiger charge is -2.14. The summed E-state index contributed by atoms with van der Waals surface area (Å²) in [7, 11) is 0. The monoisotopic (exact) mass is 210 g/mol. The van der Waals surface area contributed by atoms with Gasteiger partial charge >= 0.3 is 5.97 Å². The summed E-state index contributed by atoms with van der Waals surface area (Å²) in [5.41, 5.74) is 5.88. The summed E-state index contributed by atoms with van der Waals surface area (Å²) < 4.78 is 5.36. The van der Waals surface area contributed by atoms with E-state index in [4.69, 9.17) is 15.6 Å². The Balaban J connectivity index is 3.00. The molecule has 0 spiro atoms. The van der Waals surface area contributed by atoms with E-state index in [0.29, 0.717) is 5.56 Å². The van der Waals surface area contributed by atoms with E-state index < -0.39 is 12.0 Å². The molecule has 1 rings (SSSR count). The van der Waals surface area contributed by atoms with E-state index in [1.165, 1.54) is 6.20 Å². The summed E-state index contributed by atoms with van der Waals surface area (Å²) in [6.45, 7) is 3.68. The first-order valence-corrected chi connectivity index (χ1v) is 4.62. The molecule has 1 unspecified atom stereocenters. The van der Waals surface area contributed by atoms with Crippen LogP contribution in [-0.4, -0.2) is 22.2 Å². The lowest BCUT2D eigenvalue weighted by Crippen LogP contribution is -2.22. The highest BCUT2D eigenvalue weighted by molar-refractivity contribution is 5.76. The molecule has 1 atom stereocenters. The van der Waals surface area contributed by atoms with Crippen LogP contribution in [0.1, 0.15) is 25.5 Å². The Labute approximate surface area is 87.9 Å². The second-order valence-electron chi connectivity index (χ2n) is 3.38. The van der Waals surface area contributed by atoms with E-state index >= 15 is 0 Å². The van der Waals surface area contributed by atoms with Gasteiger partial charge in [0, 0.05) is 11.8 Å². The number of hydrogen-bond donors (Lipinski definition) is 2. The molecule has 0 aliphatic carbocycles. The highest BCUT2D eigenvalue weighted by atomic mass is 16.5. The van der Waals surface area contributed by atoms with E-state index in [-0.39, 0.29) is 12.0 Å². The quantitative estimate of drug-likeness (QED) is 0.772. The summed E-state index contributed by atoms with van der Waals surface area (Å²) >= 11 is 0. The second-order valence-corrected chi connectivity index (χ2v) is 3.38. The Morgan fingerprint density at radius 1 is 1.60 bits per heavy atom. The zero-order valence-corrected chi connectivity index (χ0v) is 8.68. The van der Waals surface area contributed by atoms with Crippen molar-refractivity contribution in [3.05, 3.63) is 23.9 Å². The van der Waals surface area contributed by atoms with Crippen LogP contribution in [0.25, 0.3) is 0 Å². The third kappa shape index (κ3) is 2.92. The molecule has 0 amide bonds. The number of carboxylic acid groups (broad SMARTS) is 1.